The van der Waals surface area contributed by atoms with Gasteiger partial charge in [0, 0.05) is 24.2 Å². The lowest BCUT2D eigenvalue weighted by Crippen LogP contribution is -2.29. The van der Waals surface area contributed by atoms with Crippen LogP contribution in [-0.2, 0) is 22.6 Å². The molecular weight excluding hydrogens is 469 g/mol. The van der Waals surface area contributed by atoms with E-state index in [-0.39, 0.29) is 11.5 Å². The molecule has 0 saturated heterocycles. The summed E-state index contributed by atoms with van der Waals surface area (Å²) in [6.07, 6.45) is 2.71. The van der Waals surface area contributed by atoms with Crippen LogP contribution in [0.3, 0.4) is 0 Å². The number of rotatable bonds is 6. The number of carboxylic acid groups (broad SMARTS) is 1. The molecule has 0 fully saturated rings. The van der Waals surface area contributed by atoms with Gasteiger partial charge in [0.1, 0.15) is 5.82 Å². The fourth-order valence-electron chi connectivity index (χ4n) is 4.88. The minimum Gasteiger partial charge on any atom is -0.479 e. The van der Waals surface area contributed by atoms with Crippen molar-refractivity contribution < 1.29 is 23.8 Å². The summed E-state index contributed by atoms with van der Waals surface area (Å²) in [5.74, 6) is -1.80. The first-order valence-corrected chi connectivity index (χ1v) is 12.3. The number of fused-ring (bicyclic) bond motifs is 1. The molecule has 1 aliphatic heterocycles. The minimum absolute atomic E-state index is 0.266. The van der Waals surface area contributed by atoms with Crippen molar-refractivity contribution in [2.45, 2.75) is 59.4 Å². The lowest BCUT2D eigenvalue weighted by Gasteiger charge is -2.29. The van der Waals surface area contributed by atoms with Gasteiger partial charge in [-0.05, 0) is 86.2 Å². The fourth-order valence-corrected chi connectivity index (χ4v) is 4.88. The molecule has 0 aromatic heterocycles. The highest BCUT2D eigenvalue weighted by atomic mass is 19.1. The van der Waals surface area contributed by atoms with Gasteiger partial charge in [-0.25, -0.2) is 9.18 Å². The second-order valence-electron chi connectivity index (χ2n) is 10.4. The Morgan fingerprint density at radius 2 is 1.62 bits per heavy atom. The molecule has 6 heteroatoms. The van der Waals surface area contributed by atoms with E-state index in [1.807, 2.05) is 77.1 Å². The van der Waals surface area contributed by atoms with Crippen LogP contribution in [0.15, 0.2) is 54.6 Å². The number of carbonyl (C=O) groups excluding carboxylic acids is 1. The Balaban J connectivity index is 1.84. The molecule has 1 aliphatic rings. The molecule has 3 aromatic carbocycles. The van der Waals surface area contributed by atoms with Crippen molar-refractivity contribution in [1.82, 2.24) is 4.90 Å². The molecule has 3 aromatic rings. The number of ether oxygens (including phenoxy) is 1. The summed E-state index contributed by atoms with van der Waals surface area (Å²) in [6, 6.07) is 15.5. The SMILES string of the molecule is Cc1c(/C=C\c2ccccc2)c(C(OC(C)(C)C)C(=O)O)c(C)c2c1CN(C(=O)c1cccc(F)c1)C2. The summed E-state index contributed by atoms with van der Waals surface area (Å²) in [4.78, 5) is 27.4. The zero-order chi connectivity index (χ0) is 26.9. The molecule has 1 N–H and O–H groups in total. The average Bonchev–Trinajstić information content (AvgIpc) is 3.30. The van der Waals surface area contributed by atoms with Gasteiger partial charge in [0.15, 0.2) is 6.10 Å². The predicted octanol–water partition coefficient (Wildman–Crippen LogP) is 6.71. The van der Waals surface area contributed by atoms with E-state index in [1.54, 1.807) is 11.0 Å². The second kappa shape index (κ2) is 10.3. The number of halogens is 1. The van der Waals surface area contributed by atoms with Crippen molar-refractivity contribution in [1.29, 1.82) is 0 Å². The van der Waals surface area contributed by atoms with Crippen LogP contribution in [-0.4, -0.2) is 27.5 Å². The number of carboxylic acids is 1. The first kappa shape index (κ1) is 26.3. The highest BCUT2D eigenvalue weighted by Crippen LogP contribution is 2.40. The van der Waals surface area contributed by atoms with Gasteiger partial charge in [-0.15, -0.1) is 0 Å². The Hall–Kier alpha value is -3.77. The lowest BCUT2D eigenvalue weighted by atomic mass is 9.85. The third kappa shape index (κ3) is 5.65. The normalized spacial score (nSPS) is 14.2. The van der Waals surface area contributed by atoms with Crippen molar-refractivity contribution in [2.75, 3.05) is 0 Å². The van der Waals surface area contributed by atoms with Crippen LogP contribution in [0.25, 0.3) is 12.2 Å². The molecule has 0 aliphatic carbocycles. The molecule has 0 radical (unpaired) electrons. The number of benzene rings is 3. The van der Waals surface area contributed by atoms with E-state index in [1.165, 1.54) is 18.2 Å². The van der Waals surface area contributed by atoms with Gasteiger partial charge in [0.25, 0.3) is 5.91 Å². The smallest absolute Gasteiger partial charge is 0.337 e. The van der Waals surface area contributed by atoms with Crippen molar-refractivity contribution in [2.24, 2.45) is 0 Å². The summed E-state index contributed by atoms with van der Waals surface area (Å²) in [5, 5.41) is 10.2. The quantitative estimate of drug-likeness (QED) is 0.381. The van der Waals surface area contributed by atoms with Crippen LogP contribution in [0.5, 0.6) is 0 Å². The molecule has 1 amide bonds. The molecule has 1 atom stereocenters. The van der Waals surface area contributed by atoms with Crippen molar-refractivity contribution in [3.05, 3.63) is 105 Å². The molecular formula is C31H32FNO4. The molecule has 5 nitrogen and oxygen atoms in total. The van der Waals surface area contributed by atoms with Gasteiger partial charge in [0.2, 0.25) is 0 Å². The fraction of sp³-hybridized carbons (Fsp3) is 0.290. The van der Waals surface area contributed by atoms with Crippen LogP contribution in [0.4, 0.5) is 4.39 Å². The monoisotopic (exact) mass is 501 g/mol. The molecule has 0 saturated carbocycles. The van der Waals surface area contributed by atoms with Crippen LogP contribution in [0.1, 0.15) is 76.2 Å². The van der Waals surface area contributed by atoms with Gasteiger partial charge in [-0.2, -0.15) is 0 Å². The van der Waals surface area contributed by atoms with Gasteiger partial charge < -0.3 is 14.7 Å². The van der Waals surface area contributed by atoms with Crippen molar-refractivity contribution in [3.63, 3.8) is 0 Å². The van der Waals surface area contributed by atoms with E-state index in [2.05, 4.69) is 0 Å². The Labute approximate surface area is 217 Å². The summed E-state index contributed by atoms with van der Waals surface area (Å²) >= 11 is 0. The number of amides is 1. The van der Waals surface area contributed by atoms with E-state index in [4.69, 9.17) is 4.74 Å². The highest BCUT2D eigenvalue weighted by Gasteiger charge is 2.35. The Kier molecular flexibility index (Phi) is 7.32. The molecule has 0 spiro atoms. The van der Waals surface area contributed by atoms with Crippen LogP contribution in [0, 0.1) is 19.7 Å². The van der Waals surface area contributed by atoms with Gasteiger partial charge in [-0.3, -0.25) is 4.79 Å². The average molecular weight is 502 g/mol. The Morgan fingerprint density at radius 1 is 0.973 bits per heavy atom. The van der Waals surface area contributed by atoms with E-state index in [9.17, 15) is 19.1 Å². The zero-order valence-electron chi connectivity index (χ0n) is 21.8. The van der Waals surface area contributed by atoms with Crippen molar-refractivity contribution in [3.8, 4) is 0 Å². The molecule has 1 heterocycles. The topological polar surface area (TPSA) is 66.8 Å². The Bertz CT molecular complexity index is 1370. The summed E-state index contributed by atoms with van der Waals surface area (Å²) in [6.45, 7) is 10.0. The summed E-state index contributed by atoms with van der Waals surface area (Å²) in [5.41, 5.74) is 5.53. The predicted molar refractivity (Wildman–Crippen MR) is 142 cm³/mol. The first-order valence-electron chi connectivity index (χ1n) is 12.3. The maximum atomic E-state index is 13.8. The zero-order valence-corrected chi connectivity index (χ0v) is 21.8. The van der Waals surface area contributed by atoms with Gasteiger partial charge in [-0.1, -0.05) is 48.6 Å². The molecule has 4 rings (SSSR count). The molecule has 37 heavy (non-hydrogen) atoms. The molecule has 192 valence electrons. The van der Waals surface area contributed by atoms with Crippen LogP contribution in [0.2, 0.25) is 0 Å². The largest absolute Gasteiger partial charge is 0.479 e. The number of aliphatic carboxylic acids is 1. The van der Waals surface area contributed by atoms with Gasteiger partial charge >= 0.3 is 5.97 Å². The van der Waals surface area contributed by atoms with Gasteiger partial charge in [0.05, 0.1) is 5.60 Å². The number of carbonyl (C=O) groups is 2. The maximum Gasteiger partial charge on any atom is 0.337 e. The number of hydrogen-bond donors (Lipinski definition) is 1. The minimum atomic E-state index is -1.19. The summed E-state index contributed by atoms with van der Waals surface area (Å²) in [7, 11) is 0. The molecule has 0 bridgehead atoms. The number of nitrogens with zero attached hydrogens (tertiary/aromatic N) is 1. The van der Waals surface area contributed by atoms with E-state index < -0.39 is 23.5 Å². The van der Waals surface area contributed by atoms with E-state index in [0.717, 1.165) is 33.4 Å². The van der Waals surface area contributed by atoms with Crippen LogP contribution >= 0.6 is 0 Å². The van der Waals surface area contributed by atoms with E-state index >= 15 is 0 Å². The summed E-state index contributed by atoms with van der Waals surface area (Å²) < 4.78 is 19.9. The first-order chi connectivity index (χ1) is 17.5. The molecule has 1 unspecified atom stereocenters. The van der Waals surface area contributed by atoms with Crippen molar-refractivity contribution >= 4 is 24.0 Å². The second-order valence-corrected chi connectivity index (χ2v) is 10.4. The third-order valence-electron chi connectivity index (χ3n) is 6.62. The Morgan fingerprint density at radius 3 is 2.22 bits per heavy atom. The third-order valence-corrected chi connectivity index (χ3v) is 6.62. The lowest BCUT2D eigenvalue weighted by molar-refractivity contribution is -0.160. The maximum absolute atomic E-state index is 13.8. The van der Waals surface area contributed by atoms with E-state index in [0.29, 0.717) is 18.7 Å². The number of hydrogen-bond acceptors (Lipinski definition) is 3. The standard InChI is InChI=1S/C31H32FNO4/c1-19-24(15-14-21-10-7-6-8-11-21)27(28(30(35)36)37-31(3,4)5)20(2)26-18-33(17-25(19)26)29(34)22-12-9-13-23(32)16-22/h6-16,28H,17-18H2,1-5H3,(H,35,36)/b15-14-. The van der Waals surface area contributed by atoms with Crippen LogP contribution < -0.4 is 0 Å². The highest BCUT2D eigenvalue weighted by molar-refractivity contribution is 5.95.